The lowest BCUT2D eigenvalue weighted by molar-refractivity contribution is 0.0945. The van der Waals surface area contributed by atoms with Gasteiger partial charge in [-0.1, -0.05) is 0 Å². The average Bonchev–Trinajstić information content (AvgIpc) is 2.26. The number of thiol groups is 1. The van der Waals surface area contributed by atoms with Crippen molar-refractivity contribution in [1.82, 2.24) is 5.32 Å². The third-order valence-corrected chi connectivity index (χ3v) is 2.78. The highest BCUT2D eigenvalue weighted by Crippen LogP contribution is 2.30. The van der Waals surface area contributed by atoms with Crippen LogP contribution in [0, 0.1) is 0 Å². The Labute approximate surface area is 102 Å². The molecule has 0 aromatic carbocycles. The summed E-state index contributed by atoms with van der Waals surface area (Å²) in [5.41, 5.74) is 0.481. The summed E-state index contributed by atoms with van der Waals surface area (Å²) in [4.78, 5) is 22.9. The van der Waals surface area contributed by atoms with Gasteiger partial charge in [0.15, 0.2) is 5.43 Å². The highest BCUT2D eigenvalue weighted by Gasteiger charge is 2.25. The van der Waals surface area contributed by atoms with Crippen LogP contribution >= 0.6 is 12.6 Å². The van der Waals surface area contributed by atoms with Crippen molar-refractivity contribution in [1.29, 1.82) is 0 Å². The molecule has 17 heavy (non-hydrogen) atoms. The predicted molar refractivity (Wildman–Crippen MR) is 65.5 cm³/mol. The van der Waals surface area contributed by atoms with Crippen LogP contribution in [0.5, 0.6) is 0 Å². The summed E-state index contributed by atoms with van der Waals surface area (Å²) in [6, 6.07) is 6.12. The molecule has 1 amide bonds. The molecule has 0 aromatic heterocycles. The van der Waals surface area contributed by atoms with Gasteiger partial charge in [-0.25, -0.2) is 0 Å². The number of nitrogens with one attached hydrogen (secondary N) is 2. The van der Waals surface area contributed by atoms with Gasteiger partial charge in [-0.05, 0) is 18.2 Å². The minimum absolute atomic E-state index is 0.135. The maximum atomic E-state index is 11.7. The van der Waals surface area contributed by atoms with Crippen LogP contribution in [0.1, 0.15) is 10.4 Å². The van der Waals surface area contributed by atoms with E-state index in [0.29, 0.717) is 22.8 Å². The maximum Gasteiger partial charge on any atom is 0.258 e. The van der Waals surface area contributed by atoms with Gasteiger partial charge >= 0.3 is 0 Å². The van der Waals surface area contributed by atoms with E-state index in [-0.39, 0.29) is 11.3 Å². The fourth-order valence-electron chi connectivity index (χ4n) is 1.75. The first-order valence-electron chi connectivity index (χ1n) is 4.97. The second-order valence-electron chi connectivity index (χ2n) is 3.71. The first-order valence-corrected chi connectivity index (χ1v) is 5.48. The van der Waals surface area contributed by atoms with E-state index in [9.17, 15) is 9.59 Å². The molecule has 3 aliphatic rings. The molecule has 0 aromatic rings. The first kappa shape index (κ1) is 10.2. The van der Waals surface area contributed by atoms with Crippen molar-refractivity contribution in [2.45, 2.75) is 5.50 Å². The quantitative estimate of drug-likeness (QED) is 0.611. The number of fused-ring (bicyclic) bond motifs is 2. The lowest BCUT2D eigenvalue weighted by Crippen LogP contribution is -2.41. The zero-order chi connectivity index (χ0) is 12.0. The van der Waals surface area contributed by atoms with E-state index in [0.717, 1.165) is 0 Å². The molecular weight excluding hydrogens is 240 g/mol. The molecule has 1 atom stereocenters. The standard InChI is InChI=1S/C11H8N2O3S/c14-6-2-1-5-3-7-9(15)12-11(17)13-10(7)16-8(5)4-6/h1-4,11,13,17H,(H,12,15). The molecule has 1 unspecified atom stereocenters. The molecule has 2 aliphatic heterocycles. The van der Waals surface area contributed by atoms with Gasteiger partial charge in [0, 0.05) is 11.6 Å². The largest absolute Gasteiger partial charge is 0.440 e. The van der Waals surface area contributed by atoms with Gasteiger partial charge in [0.05, 0.1) is 0 Å². The second kappa shape index (κ2) is 3.53. The summed E-state index contributed by atoms with van der Waals surface area (Å²) in [6.45, 7) is 0. The smallest absolute Gasteiger partial charge is 0.258 e. The molecule has 86 valence electrons. The zero-order valence-corrected chi connectivity index (χ0v) is 9.45. The molecule has 0 spiro atoms. The minimum Gasteiger partial charge on any atom is -0.440 e. The van der Waals surface area contributed by atoms with Gasteiger partial charge in [0.1, 0.15) is 16.8 Å². The number of hydrogen-bond donors (Lipinski definition) is 3. The number of amides is 1. The normalized spacial score (nSPS) is 18.4. The summed E-state index contributed by atoms with van der Waals surface area (Å²) in [5.74, 6) is 0.515. The van der Waals surface area contributed by atoms with Crippen LogP contribution in [0.3, 0.4) is 0 Å². The summed E-state index contributed by atoms with van der Waals surface area (Å²) in [6.07, 6.45) is 0. The summed E-state index contributed by atoms with van der Waals surface area (Å²) < 4.78 is 5.49. The van der Waals surface area contributed by atoms with Crippen LogP contribution in [0.4, 0.5) is 5.88 Å². The zero-order valence-electron chi connectivity index (χ0n) is 8.56. The Morgan fingerprint density at radius 1 is 1.18 bits per heavy atom. The van der Waals surface area contributed by atoms with Gasteiger partial charge in [-0.15, -0.1) is 12.6 Å². The maximum absolute atomic E-state index is 11.7. The van der Waals surface area contributed by atoms with Gasteiger partial charge in [-0.3, -0.25) is 9.59 Å². The molecule has 5 nitrogen and oxygen atoms in total. The Morgan fingerprint density at radius 2 is 2.00 bits per heavy atom. The summed E-state index contributed by atoms with van der Waals surface area (Å²) in [7, 11) is 0. The van der Waals surface area contributed by atoms with Crippen molar-refractivity contribution in [2.75, 3.05) is 5.32 Å². The van der Waals surface area contributed by atoms with Crippen LogP contribution in [0.15, 0.2) is 33.5 Å². The van der Waals surface area contributed by atoms with E-state index < -0.39 is 5.50 Å². The summed E-state index contributed by atoms with van der Waals surface area (Å²) >= 11 is 4.10. The van der Waals surface area contributed by atoms with Crippen LogP contribution in [-0.2, 0) is 0 Å². The van der Waals surface area contributed by atoms with Crippen LogP contribution < -0.4 is 16.1 Å². The van der Waals surface area contributed by atoms with Crippen molar-refractivity contribution in [3.8, 4) is 11.3 Å². The fraction of sp³-hybridized carbons (Fsp3) is 0.0909. The lowest BCUT2D eigenvalue weighted by Gasteiger charge is -2.23. The summed E-state index contributed by atoms with van der Waals surface area (Å²) in [5, 5.41) is 5.47. The molecule has 3 rings (SSSR count). The Morgan fingerprint density at radius 3 is 2.82 bits per heavy atom. The number of carbonyl (C=O) groups is 1. The van der Waals surface area contributed by atoms with E-state index in [1.54, 1.807) is 12.1 Å². The Bertz CT molecular complexity index is 637. The molecule has 0 saturated heterocycles. The Hall–Kier alpha value is -1.95. The molecule has 2 heterocycles. The molecule has 0 radical (unpaired) electrons. The minimum atomic E-state index is -0.494. The second-order valence-corrected chi connectivity index (χ2v) is 4.23. The Balaban J connectivity index is 2.27. The van der Waals surface area contributed by atoms with E-state index in [2.05, 4.69) is 23.3 Å². The lowest BCUT2D eigenvalue weighted by atomic mass is 10.1. The molecule has 0 saturated carbocycles. The van der Waals surface area contributed by atoms with E-state index in [1.807, 2.05) is 0 Å². The number of rotatable bonds is 0. The number of hydrogen-bond acceptors (Lipinski definition) is 5. The van der Waals surface area contributed by atoms with Gasteiger partial charge in [0.2, 0.25) is 5.88 Å². The van der Waals surface area contributed by atoms with Crippen LogP contribution in [0.2, 0.25) is 0 Å². The molecular formula is C11H8N2O3S. The molecule has 0 bridgehead atoms. The molecule has 6 heteroatoms. The number of carbonyl (C=O) groups excluding carboxylic acids is 1. The SMILES string of the molecule is O=C1NC(S)Nc2oc3cc(=O)ccc-3cc21. The van der Waals surface area contributed by atoms with E-state index in [4.69, 9.17) is 4.42 Å². The van der Waals surface area contributed by atoms with Crippen LogP contribution in [-0.4, -0.2) is 11.4 Å². The third kappa shape index (κ3) is 1.66. The number of anilines is 1. The van der Waals surface area contributed by atoms with E-state index >= 15 is 0 Å². The van der Waals surface area contributed by atoms with Gasteiger partial charge < -0.3 is 15.1 Å². The highest BCUT2D eigenvalue weighted by atomic mass is 32.1. The average molecular weight is 248 g/mol. The Kier molecular flexibility index (Phi) is 2.12. The first-order chi connectivity index (χ1) is 8.13. The topological polar surface area (TPSA) is 71.3 Å². The molecule has 1 aliphatic carbocycles. The van der Waals surface area contributed by atoms with Crippen molar-refractivity contribution >= 4 is 24.4 Å². The predicted octanol–water partition coefficient (Wildman–Crippen LogP) is 1.11. The molecule has 2 N–H and O–H groups in total. The van der Waals surface area contributed by atoms with Gasteiger partial charge in [-0.2, -0.15) is 0 Å². The van der Waals surface area contributed by atoms with Crippen molar-refractivity contribution in [2.24, 2.45) is 0 Å². The van der Waals surface area contributed by atoms with Crippen LogP contribution in [0.25, 0.3) is 11.3 Å². The highest BCUT2D eigenvalue weighted by molar-refractivity contribution is 7.81. The van der Waals surface area contributed by atoms with Crippen molar-refractivity contribution in [3.63, 3.8) is 0 Å². The monoisotopic (exact) mass is 248 g/mol. The van der Waals surface area contributed by atoms with E-state index in [1.165, 1.54) is 12.1 Å². The number of benzene rings is 1. The van der Waals surface area contributed by atoms with Gasteiger partial charge in [0.25, 0.3) is 5.91 Å². The van der Waals surface area contributed by atoms with Crippen molar-refractivity contribution < 1.29 is 9.21 Å². The fourth-order valence-corrected chi connectivity index (χ4v) is 1.98. The molecule has 0 fully saturated rings. The third-order valence-electron chi connectivity index (χ3n) is 2.52. The van der Waals surface area contributed by atoms with Crippen molar-refractivity contribution in [3.05, 3.63) is 40.1 Å².